The zero-order chi connectivity index (χ0) is 18.6. The highest BCUT2D eigenvalue weighted by Gasteiger charge is 2.21. The summed E-state index contributed by atoms with van der Waals surface area (Å²) in [5, 5.41) is 0. The monoisotopic (exact) mass is 391 g/mol. The van der Waals surface area contributed by atoms with Gasteiger partial charge in [-0.05, 0) is 19.5 Å². The van der Waals surface area contributed by atoms with Crippen molar-refractivity contribution < 1.29 is 13.3 Å². The highest BCUT2D eigenvalue weighted by molar-refractivity contribution is 7.35. The van der Waals surface area contributed by atoms with Crippen LogP contribution in [0.2, 0.25) is 13.1 Å². The maximum absolute atomic E-state index is 11.4. The van der Waals surface area contributed by atoms with Crippen LogP contribution in [0.5, 0.6) is 0 Å². The molecule has 0 aliphatic rings. The van der Waals surface area contributed by atoms with E-state index in [2.05, 4.69) is 6.92 Å². The van der Waals surface area contributed by atoms with E-state index >= 15 is 0 Å². The van der Waals surface area contributed by atoms with Crippen molar-refractivity contribution in [1.29, 1.82) is 0 Å². The molecule has 0 spiro atoms. The molecule has 0 aromatic rings. The van der Waals surface area contributed by atoms with Crippen molar-refractivity contribution in [2.24, 2.45) is 0 Å². The fraction of sp³-hybridized carbons (Fsp3) is 1.00. The Kier molecular flexibility index (Phi) is 20.7. The topological polar surface area (TPSA) is 35.5 Å². The van der Waals surface area contributed by atoms with E-state index in [0.29, 0.717) is 6.61 Å². The summed E-state index contributed by atoms with van der Waals surface area (Å²) in [5.41, 5.74) is 0. The van der Waals surface area contributed by atoms with E-state index in [1.54, 1.807) is 0 Å². The second kappa shape index (κ2) is 20.5. The third-order valence-electron chi connectivity index (χ3n) is 4.49. The minimum atomic E-state index is -1.85. The summed E-state index contributed by atoms with van der Waals surface area (Å²) in [4.78, 5) is 0. The van der Waals surface area contributed by atoms with Crippen molar-refractivity contribution in [1.82, 2.24) is 0 Å². The van der Waals surface area contributed by atoms with Gasteiger partial charge in [-0.3, -0.25) is 0 Å². The van der Waals surface area contributed by atoms with Gasteiger partial charge in [-0.1, -0.05) is 103 Å². The molecule has 0 saturated heterocycles. The van der Waals surface area contributed by atoms with E-state index in [-0.39, 0.29) is 0 Å². The van der Waals surface area contributed by atoms with Crippen LogP contribution in [0.3, 0.4) is 0 Å². The molecule has 0 heterocycles. The quantitative estimate of drug-likeness (QED) is 0.120. The van der Waals surface area contributed by atoms with Crippen LogP contribution >= 0.6 is 8.25 Å². The molecule has 0 bridgehead atoms. The van der Waals surface area contributed by atoms with Gasteiger partial charge in [-0.15, -0.1) is 4.52 Å². The van der Waals surface area contributed by atoms with Gasteiger partial charge >= 0.3 is 8.25 Å². The first-order valence-electron chi connectivity index (χ1n) is 10.9. The first-order chi connectivity index (χ1) is 12.2. The molecule has 150 valence electrons. The number of unbranched alkanes of at least 4 members (excludes halogenated alkanes) is 15. The van der Waals surface area contributed by atoms with E-state index in [0.717, 1.165) is 6.42 Å². The minimum absolute atomic E-state index is 0.578. The van der Waals surface area contributed by atoms with Crippen molar-refractivity contribution in [2.75, 3.05) is 6.61 Å². The van der Waals surface area contributed by atoms with Crippen LogP contribution < -0.4 is 0 Å². The van der Waals surface area contributed by atoms with Crippen molar-refractivity contribution >= 4 is 17.3 Å². The van der Waals surface area contributed by atoms with Crippen LogP contribution in [0.4, 0.5) is 0 Å². The largest absolute Gasteiger partial charge is 0.684 e. The zero-order valence-corrected chi connectivity index (χ0v) is 19.3. The number of hydrogen-bond acceptors (Lipinski definition) is 3. The van der Waals surface area contributed by atoms with Crippen molar-refractivity contribution in [3.8, 4) is 0 Å². The Morgan fingerprint density at radius 3 is 1.36 bits per heavy atom. The van der Waals surface area contributed by atoms with Crippen molar-refractivity contribution in [3.05, 3.63) is 0 Å². The van der Waals surface area contributed by atoms with Crippen LogP contribution in [-0.2, 0) is 13.3 Å². The van der Waals surface area contributed by atoms with Crippen LogP contribution in [-0.4, -0.2) is 15.6 Å². The second-order valence-corrected chi connectivity index (χ2v) is 11.2. The molecule has 0 N–H and O–H groups in total. The molecule has 1 unspecified atom stereocenters. The summed E-state index contributed by atoms with van der Waals surface area (Å²) in [5.74, 6) is 0. The molecular weight excluding hydrogens is 347 g/mol. The molecule has 0 saturated carbocycles. The summed E-state index contributed by atoms with van der Waals surface area (Å²) in [6.45, 7) is 6.87. The lowest BCUT2D eigenvalue weighted by Gasteiger charge is -2.03. The predicted octanol–water partition coefficient (Wildman–Crippen LogP) is 7.92. The number of rotatable bonds is 20. The van der Waals surface area contributed by atoms with E-state index in [1.807, 2.05) is 13.1 Å². The van der Waals surface area contributed by atoms with E-state index < -0.39 is 17.3 Å². The SMILES string of the molecule is CCCCCCCCCCCCCCCCCCO[P+](=O)O[SiH](C)C. The average molecular weight is 392 g/mol. The van der Waals surface area contributed by atoms with Crippen LogP contribution in [0.1, 0.15) is 110 Å². The molecule has 0 amide bonds. The van der Waals surface area contributed by atoms with E-state index in [1.165, 1.54) is 96.3 Å². The Balaban J connectivity index is 3.06. The van der Waals surface area contributed by atoms with Gasteiger partial charge in [0.25, 0.3) is 0 Å². The Bertz CT molecular complexity index is 288. The minimum Gasteiger partial charge on any atom is -0.180 e. The Morgan fingerprint density at radius 2 is 1.00 bits per heavy atom. The van der Waals surface area contributed by atoms with Crippen LogP contribution in [0, 0.1) is 0 Å². The Morgan fingerprint density at radius 1 is 0.640 bits per heavy atom. The lowest BCUT2D eigenvalue weighted by Crippen LogP contribution is -2.02. The highest BCUT2D eigenvalue weighted by atomic mass is 31.1. The molecule has 0 aliphatic carbocycles. The van der Waals surface area contributed by atoms with Gasteiger partial charge < -0.3 is 0 Å². The zero-order valence-electron chi connectivity index (χ0n) is 17.3. The first kappa shape index (κ1) is 25.2. The maximum atomic E-state index is 11.4. The summed E-state index contributed by atoms with van der Waals surface area (Å²) >= 11 is 0. The molecule has 3 nitrogen and oxygen atoms in total. The Labute approximate surface area is 160 Å². The molecule has 0 aromatic heterocycles. The average Bonchev–Trinajstić information content (AvgIpc) is 2.57. The summed E-state index contributed by atoms with van der Waals surface area (Å²) in [6, 6.07) is 0. The van der Waals surface area contributed by atoms with Gasteiger partial charge in [-0.25, -0.2) is 0 Å². The normalized spacial score (nSPS) is 12.1. The summed E-state index contributed by atoms with van der Waals surface area (Å²) in [7, 11) is -3.09. The van der Waals surface area contributed by atoms with Gasteiger partial charge in [0.05, 0.1) is 0 Å². The molecule has 0 rings (SSSR count). The highest BCUT2D eigenvalue weighted by Crippen LogP contribution is 2.25. The van der Waals surface area contributed by atoms with Gasteiger partial charge in [0, 0.05) is 4.57 Å². The van der Waals surface area contributed by atoms with Crippen molar-refractivity contribution in [2.45, 2.75) is 123 Å². The molecule has 0 aliphatic heterocycles. The first-order valence-corrected chi connectivity index (χ1v) is 14.8. The van der Waals surface area contributed by atoms with Crippen LogP contribution in [0.25, 0.3) is 0 Å². The van der Waals surface area contributed by atoms with Gasteiger partial charge in [-0.2, -0.15) is 4.21 Å². The number of hydrogen-bond donors (Lipinski definition) is 0. The second-order valence-electron chi connectivity index (χ2n) is 7.51. The molecule has 1 atom stereocenters. The standard InChI is InChI=1S/C20H44O3PSi/c1-4-5-6-7-8-9-10-11-12-13-14-15-16-17-18-19-20-22-24(21)23-25(2)3/h25H,4-20H2,1-3H3/q+1. The lowest BCUT2D eigenvalue weighted by molar-refractivity contribution is 0.278. The molecule has 5 heteroatoms. The lowest BCUT2D eigenvalue weighted by atomic mass is 10.0. The molecule has 25 heavy (non-hydrogen) atoms. The fourth-order valence-corrected chi connectivity index (χ4v) is 4.89. The van der Waals surface area contributed by atoms with Crippen molar-refractivity contribution in [3.63, 3.8) is 0 Å². The van der Waals surface area contributed by atoms with Gasteiger partial charge in [0.15, 0.2) is 0 Å². The third-order valence-corrected chi connectivity index (χ3v) is 7.26. The molecular formula is C20H44O3PSi+. The fourth-order valence-electron chi connectivity index (χ4n) is 2.99. The molecule has 0 radical (unpaired) electrons. The van der Waals surface area contributed by atoms with E-state index in [4.69, 9.17) is 8.74 Å². The molecule has 0 fully saturated rings. The van der Waals surface area contributed by atoms with E-state index in [9.17, 15) is 4.57 Å². The van der Waals surface area contributed by atoms with Gasteiger partial charge in [0.2, 0.25) is 9.04 Å². The Hall–Kier alpha value is 0.237. The van der Waals surface area contributed by atoms with Gasteiger partial charge in [0.1, 0.15) is 6.61 Å². The smallest absolute Gasteiger partial charge is 0.180 e. The third kappa shape index (κ3) is 22.2. The predicted molar refractivity (Wildman–Crippen MR) is 113 cm³/mol. The molecule has 0 aromatic carbocycles. The summed E-state index contributed by atoms with van der Waals surface area (Å²) in [6.07, 6.45) is 21.8. The van der Waals surface area contributed by atoms with Crippen LogP contribution in [0.15, 0.2) is 0 Å². The summed E-state index contributed by atoms with van der Waals surface area (Å²) < 4.78 is 21.8. The maximum Gasteiger partial charge on any atom is 0.684 e.